The van der Waals surface area contributed by atoms with Crippen LogP contribution in [-0.2, 0) is 0 Å². The molecule has 0 aromatic heterocycles. The van der Waals surface area contributed by atoms with Crippen LogP contribution < -0.4 is 11.1 Å². The average molecular weight is 329 g/mol. The standard InChI is InChI=1S/C14H18BrFN2O/c15-12-7-10(16)5-6-11(12)14(19)18-13-4-2-1-3-9(13)8-17/h5-7,9,13H,1-4,8,17H2,(H,18,19). The van der Waals surface area contributed by atoms with Crippen molar-refractivity contribution in [2.24, 2.45) is 11.7 Å². The van der Waals surface area contributed by atoms with Crippen LogP contribution in [0.15, 0.2) is 22.7 Å². The molecule has 3 N–H and O–H groups in total. The van der Waals surface area contributed by atoms with Gasteiger partial charge in [-0.2, -0.15) is 0 Å². The number of hydrogen-bond donors (Lipinski definition) is 2. The molecule has 19 heavy (non-hydrogen) atoms. The second-order valence-corrected chi connectivity index (χ2v) is 5.84. The summed E-state index contributed by atoms with van der Waals surface area (Å²) in [6, 6.07) is 4.22. The summed E-state index contributed by atoms with van der Waals surface area (Å²) in [6.45, 7) is 0.593. The Morgan fingerprint density at radius 3 is 2.84 bits per heavy atom. The first-order valence-corrected chi connectivity index (χ1v) is 7.37. The maximum atomic E-state index is 13.0. The van der Waals surface area contributed by atoms with Crippen molar-refractivity contribution in [1.29, 1.82) is 0 Å². The minimum absolute atomic E-state index is 0.128. The van der Waals surface area contributed by atoms with Crippen LogP contribution in [0.3, 0.4) is 0 Å². The summed E-state index contributed by atoms with van der Waals surface area (Å²) in [4.78, 5) is 12.2. The molecule has 0 heterocycles. The molecule has 0 aliphatic heterocycles. The summed E-state index contributed by atoms with van der Waals surface area (Å²) in [5.74, 6) is -0.185. The van der Waals surface area contributed by atoms with Crippen molar-refractivity contribution in [3.63, 3.8) is 0 Å². The van der Waals surface area contributed by atoms with Gasteiger partial charge in [-0.1, -0.05) is 12.8 Å². The third kappa shape index (κ3) is 3.54. The molecule has 1 aromatic carbocycles. The monoisotopic (exact) mass is 328 g/mol. The molecule has 0 spiro atoms. The Labute approximate surface area is 120 Å². The first-order chi connectivity index (χ1) is 9.11. The zero-order chi connectivity index (χ0) is 13.8. The smallest absolute Gasteiger partial charge is 0.252 e. The highest BCUT2D eigenvalue weighted by Crippen LogP contribution is 2.25. The number of amides is 1. The Hall–Kier alpha value is -0.940. The van der Waals surface area contributed by atoms with E-state index < -0.39 is 0 Å². The van der Waals surface area contributed by atoms with E-state index in [1.165, 1.54) is 24.6 Å². The predicted octanol–water partition coefficient (Wildman–Crippen LogP) is 2.84. The minimum Gasteiger partial charge on any atom is -0.349 e. The fourth-order valence-corrected chi connectivity index (χ4v) is 3.13. The molecule has 0 radical (unpaired) electrons. The molecule has 2 atom stereocenters. The number of nitrogens with two attached hydrogens (primary N) is 1. The van der Waals surface area contributed by atoms with E-state index in [-0.39, 0.29) is 17.8 Å². The fraction of sp³-hybridized carbons (Fsp3) is 0.500. The quantitative estimate of drug-likeness (QED) is 0.896. The summed E-state index contributed by atoms with van der Waals surface area (Å²) in [5, 5.41) is 3.03. The van der Waals surface area contributed by atoms with Crippen molar-refractivity contribution in [3.05, 3.63) is 34.1 Å². The number of nitrogens with one attached hydrogen (secondary N) is 1. The van der Waals surface area contributed by atoms with Crippen molar-refractivity contribution in [3.8, 4) is 0 Å². The Kier molecular flexibility index (Phi) is 4.93. The van der Waals surface area contributed by atoms with Crippen LogP contribution in [-0.4, -0.2) is 18.5 Å². The van der Waals surface area contributed by atoms with Crippen LogP contribution in [0, 0.1) is 11.7 Å². The normalized spacial score (nSPS) is 23.1. The van der Waals surface area contributed by atoms with E-state index in [2.05, 4.69) is 21.2 Å². The lowest BCUT2D eigenvalue weighted by atomic mass is 9.84. The highest BCUT2D eigenvalue weighted by molar-refractivity contribution is 9.10. The summed E-state index contributed by atoms with van der Waals surface area (Å²) in [5.41, 5.74) is 6.21. The summed E-state index contributed by atoms with van der Waals surface area (Å²) in [7, 11) is 0. The predicted molar refractivity (Wildman–Crippen MR) is 76.4 cm³/mol. The van der Waals surface area contributed by atoms with Crippen molar-refractivity contribution < 1.29 is 9.18 Å². The van der Waals surface area contributed by atoms with Gasteiger partial charge >= 0.3 is 0 Å². The highest BCUT2D eigenvalue weighted by Gasteiger charge is 2.26. The number of carbonyl (C=O) groups excluding carboxylic acids is 1. The van der Waals surface area contributed by atoms with Crippen molar-refractivity contribution in [2.75, 3.05) is 6.54 Å². The summed E-state index contributed by atoms with van der Waals surface area (Å²) < 4.78 is 13.5. The van der Waals surface area contributed by atoms with E-state index in [0.717, 1.165) is 19.3 Å². The summed E-state index contributed by atoms with van der Waals surface area (Å²) >= 11 is 3.22. The van der Waals surface area contributed by atoms with Gasteiger partial charge in [0.25, 0.3) is 5.91 Å². The van der Waals surface area contributed by atoms with E-state index in [1.807, 2.05) is 0 Å². The first kappa shape index (κ1) is 14.5. The maximum Gasteiger partial charge on any atom is 0.252 e. The number of hydrogen-bond acceptors (Lipinski definition) is 2. The molecule has 2 rings (SSSR count). The SMILES string of the molecule is NCC1CCCCC1NC(=O)c1ccc(F)cc1Br. The zero-order valence-corrected chi connectivity index (χ0v) is 12.2. The molecule has 2 unspecified atom stereocenters. The number of benzene rings is 1. The molecule has 0 bridgehead atoms. The Bertz CT molecular complexity index is 467. The van der Waals surface area contributed by atoms with Crippen LogP contribution in [0.2, 0.25) is 0 Å². The number of halogens is 2. The lowest BCUT2D eigenvalue weighted by Crippen LogP contribution is -2.44. The van der Waals surface area contributed by atoms with Crippen LogP contribution in [0.5, 0.6) is 0 Å². The molecule has 1 fully saturated rings. The zero-order valence-electron chi connectivity index (χ0n) is 10.7. The average Bonchev–Trinajstić information content (AvgIpc) is 2.39. The molecule has 5 heteroatoms. The second kappa shape index (κ2) is 6.48. The molecular formula is C14H18BrFN2O. The first-order valence-electron chi connectivity index (χ1n) is 6.58. The lowest BCUT2D eigenvalue weighted by Gasteiger charge is -2.31. The van der Waals surface area contributed by atoms with Gasteiger partial charge < -0.3 is 11.1 Å². The van der Waals surface area contributed by atoms with E-state index in [0.29, 0.717) is 22.5 Å². The van der Waals surface area contributed by atoms with Crippen LogP contribution >= 0.6 is 15.9 Å². The molecule has 3 nitrogen and oxygen atoms in total. The Balaban J connectivity index is 2.07. The van der Waals surface area contributed by atoms with E-state index in [1.54, 1.807) is 0 Å². The van der Waals surface area contributed by atoms with Crippen LogP contribution in [0.25, 0.3) is 0 Å². The van der Waals surface area contributed by atoms with Crippen LogP contribution in [0.4, 0.5) is 4.39 Å². The maximum absolute atomic E-state index is 13.0. The third-order valence-corrected chi connectivity index (χ3v) is 4.36. The second-order valence-electron chi connectivity index (χ2n) is 4.98. The topological polar surface area (TPSA) is 55.1 Å². The van der Waals surface area contributed by atoms with Gasteiger partial charge in [0.1, 0.15) is 5.82 Å². The molecule has 1 aliphatic carbocycles. The third-order valence-electron chi connectivity index (χ3n) is 3.70. The van der Waals surface area contributed by atoms with E-state index in [9.17, 15) is 9.18 Å². The van der Waals surface area contributed by atoms with Gasteiger partial charge in [-0.3, -0.25) is 4.79 Å². The molecule has 104 valence electrons. The molecular weight excluding hydrogens is 311 g/mol. The molecule has 1 aromatic rings. The van der Waals surface area contributed by atoms with Gasteiger partial charge in [0.2, 0.25) is 0 Å². The van der Waals surface area contributed by atoms with E-state index >= 15 is 0 Å². The Morgan fingerprint density at radius 2 is 2.16 bits per heavy atom. The molecule has 1 amide bonds. The van der Waals surface area contributed by atoms with Gasteiger partial charge in [-0.05, 0) is 59.4 Å². The van der Waals surface area contributed by atoms with Crippen LogP contribution in [0.1, 0.15) is 36.0 Å². The van der Waals surface area contributed by atoms with Crippen molar-refractivity contribution in [2.45, 2.75) is 31.7 Å². The molecule has 1 aliphatic rings. The molecule has 0 saturated heterocycles. The number of carbonyl (C=O) groups is 1. The summed E-state index contributed by atoms with van der Waals surface area (Å²) in [6.07, 6.45) is 4.32. The van der Waals surface area contributed by atoms with Gasteiger partial charge in [0, 0.05) is 10.5 Å². The largest absolute Gasteiger partial charge is 0.349 e. The van der Waals surface area contributed by atoms with Gasteiger partial charge in [0.05, 0.1) is 5.56 Å². The van der Waals surface area contributed by atoms with E-state index in [4.69, 9.17) is 5.73 Å². The Morgan fingerprint density at radius 1 is 1.42 bits per heavy atom. The van der Waals surface area contributed by atoms with Gasteiger partial charge in [-0.25, -0.2) is 4.39 Å². The fourth-order valence-electron chi connectivity index (χ4n) is 2.60. The number of rotatable bonds is 3. The van der Waals surface area contributed by atoms with Crippen molar-refractivity contribution in [1.82, 2.24) is 5.32 Å². The van der Waals surface area contributed by atoms with Crippen molar-refractivity contribution >= 4 is 21.8 Å². The molecule has 1 saturated carbocycles. The van der Waals surface area contributed by atoms with Gasteiger partial charge in [-0.15, -0.1) is 0 Å². The highest BCUT2D eigenvalue weighted by atomic mass is 79.9. The minimum atomic E-state index is -0.360. The lowest BCUT2D eigenvalue weighted by molar-refractivity contribution is 0.0907. The van der Waals surface area contributed by atoms with Gasteiger partial charge in [0.15, 0.2) is 0 Å².